The molecule has 5 nitrogen and oxygen atoms in total. The van der Waals surface area contributed by atoms with Gasteiger partial charge in [-0.15, -0.1) is 0 Å². The molecule has 3 N–H and O–H groups in total. The van der Waals surface area contributed by atoms with Crippen LogP contribution in [0.3, 0.4) is 0 Å². The maximum Gasteiger partial charge on any atom is 0.246 e. The Morgan fingerprint density at radius 1 is 1.56 bits per heavy atom. The number of pyridine rings is 1. The van der Waals surface area contributed by atoms with Crippen LogP contribution in [0.1, 0.15) is 11.4 Å². The Morgan fingerprint density at radius 2 is 2.38 bits per heavy atom. The summed E-state index contributed by atoms with van der Waals surface area (Å²) < 4.78 is 5.00. The smallest absolute Gasteiger partial charge is 0.246 e. The molecule has 1 heterocycles. The van der Waals surface area contributed by atoms with E-state index in [2.05, 4.69) is 10.3 Å². The maximum absolute atomic E-state index is 11.3. The SMILES string of the molecule is Cc1cccc(CNC(=O)COCCN)n1. The Morgan fingerprint density at radius 3 is 3.06 bits per heavy atom. The van der Waals surface area contributed by atoms with Crippen molar-refractivity contribution < 1.29 is 9.53 Å². The first-order chi connectivity index (χ1) is 7.72. The Labute approximate surface area is 95.0 Å². The van der Waals surface area contributed by atoms with E-state index in [0.717, 1.165) is 11.4 Å². The van der Waals surface area contributed by atoms with Gasteiger partial charge in [0, 0.05) is 12.2 Å². The number of aryl methyl sites for hydroxylation is 1. The number of carbonyl (C=O) groups excluding carboxylic acids is 1. The molecule has 5 heteroatoms. The minimum atomic E-state index is -0.156. The first-order valence-corrected chi connectivity index (χ1v) is 5.19. The van der Waals surface area contributed by atoms with E-state index < -0.39 is 0 Å². The Bertz CT molecular complexity index is 342. The summed E-state index contributed by atoms with van der Waals surface area (Å²) in [5.41, 5.74) is 7.01. The van der Waals surface area contributed by atoms with Crippen LogP contribution in [0.2, 0.25) is 0 Å². The van der Waals surface area contributed by atoms with Gasteiger partial charge in [-0.3, -0.25) is 9.78 Å². The van der Waals surface area contributed by atoms with Crippen molar-refractivity contribution in [1.29, 1.82) is 0 Å². The molecule has 0 radical (unpaired) electrons. The molecule has 0 unspecified atom stereocenters. The molecule has 0 saturated carbocycles. The minimum Gasteiger partial charge on any atom is -0.370 e. The first-order valence-electron chi connectivity index (χ1n) is 5.19. The summed E-state index contributed by atoms with van der Waals surface area (Å²) in [5, 5.41) is 2.72. The number of aromatic nitrogens is 1. The van der Waals surface area contributed by atoms with Gasteiger partial charge < -0.3 is 15.8 Å². The molecule has 0 atom stereocenters. The number of rotatable bonds is 6. The van der Waals surface area contributed by atoms with Crippen LogP contribution in [0.15, 0.2) is 18.2 Å². The molecular formula is C11H17N3O2. The zero-order chi connectivity index (χ0) is 11.8. The van der Waals surface area contributed by atoms with Gasteiger partial charge in [-0.1, -0.05) is 6.07 Å². The van der Waals surface area contributed by atoms with Gasteiger partial charge in [-0.05, 0) is 19.1 Å². The van der Waals surface area contributed by atoms with Crippen molar-refractivity contribution in [2.45, 2.75) is 13.5 Å². The van der Waals surface area contributed by atoms with Crippen LogP contribution in [-0.2, 0) is 16.1 Å². The van der Waals surface area contributed by atoms with Gasteiger partial charge in [-0.25, -0.2) is 0 Å². The highest BCUT2D eigenvalue weighted by Crippen LogP contribution is 1.97. The van der Waals surface area contributed by atoms with Gasteiger partial charge in [0.25, 0.3) is 0 Å². The highest BCUT2D eigenvalue weighted by Gasteiger charge is 2.01. The van der Waals surface area contributed by atoms with Crippen LogP contribution < -0.4 is 11.1 Å². The first kappa shape index (κ1) is 12.6. The summed E-state index contributed by atoms with van der Waals surface area (Å²) in [6.07, 6.45) is 0. The van der Waals surface area contributed by atoms with Crippen molar-refractivity contribution in [2.24, 2.45) is 5.73 Å². The highest BCUT2D eigenvalue weighted by atomic mass is 16.5. The van der Waals surface area contributed by atoms with Crippen LogP contribution in [0.25, 0.3) is 0 Å². The van der Waals surface area contributed by atoms with E-state index in [1.54, 1.807) is 0 Å². The molecule has 1 amide bonds. The van der Waals surface area contributed by atoms with Crippen molar-refractivity contribution >= 4 is 5.91 Å². The molecule has 0 aromatic carbocycles. The Hall–Kier alpha value is -1.46. The minimum absolute atomic E-state index is 0.0447. The fraction of sp³-hybridized carbons (Fsp3) is 0.455. The van der Waals surface area contributed by atoms with E-state index in [-0.39, 0.29) is 12.5 Å². The van der Waals surface area contributed by atoms with Crippen LogP contribution >= 0.6 is 0 Å². The molecule has 0 aliphatic rings. The van der Waals surface area contributed by atoms with E-state index in [9.17, 15) is 4.79 Å². The molecular weight excluding hydrogens is 206 g/mol. The third kappa shape index (κ3) is 4.86. The lowest BCUT2D eigenvalue weighted by Crippen LogP contribution is -2.28. The second kappa shape index (κ2) is 6.92. The highest BCUT2D eigenvalue weighted by molar-refractivity contribution is 5.77. The average molecular weight is 223 g/mol. The Balaban J connectivity index is 2.26. The van der Waals surface area contributed by atoms with E-state index in [0.29, 0.717) is 19.7 Å². The molecule has 0 fully saturated rings. The quantitative estimate of drug-likeness (QED) is 0.664. The van der Waals surface area contributed by atoms with Crippen molar-refractivity contribution in [2.75, 3.05) is 19.8 Å². The van der Waals surface area contributed by atoms with Crippen molar-refractivity contribution in [3.8, 4) is 0 Å². The molecule has 1 aromatic heterocycles. The molecule has 1 rings (SSSR count). The lowest BCUT2D eigenvalue weighted by Gasteiger charge is -2.05. The largest absolute Gasteiger partial charge is 0.370 e. The number of nitrogens with two attached hydrogens (primary N) is 1. The number of nitrogens with zero attached hydrogens (tertiary/aromatic N) is 1. The van der Waals surface area contributed by atoms with Crippen molar-refractivity contribution in [1.82, 2.24) is 10.3 Å². The van der Waals surface area contributed by atoms with Crippen molar-refractivity contribution in [3.05, 3.63) is 29.6 Å². The van der Waals surface area contributed by atoms with Gasteiger partial charge in [0.05, 0.1) is 18.8 Å². The third-order valence-electron chi connectivity index (χ3n) is 1.91. The van der Waals surface area contributed by atoms with Crippen LogP contribution in [0.5, 0.6) is 0 Å². The maximum atomic E-state index is 11.3. The number of ether oxygens (including phenoxy) is 1. The number of nitrogens with one attached hydrogen (secondary N) is 1. The summed E-state index contributed by atoms with van der Waals surface area (Å²) in [5.74, 6) is -0.156. The molecule has 0 spiro atoms. The monoisotopic (exact) mass is 223 g/mol. The lowest BCUT2D eigenvalue weighted by atomic mass is 10.3. The Kier molecular flexibility index (Phi) is 5.45. The molecule has 0 bridgehead atoms. The van der Waals surface area contributed by atoms with Gasteiger partial charge in [-0.2, -0.15) is 0 Å². The predicted molar refractivity (Wildman–Crippen MR) is 60.7 cm³/mol. The summed E-state index contributed by atoms with van der Waals surface area (Å²) >= 11 is 0. The van der Waals surface area contributed by atoms with Gasteiger partial charge >= 0.3 is 0 Å². The normalized spacial score (nSPS) is 10.1. The molecule has 16 heavy (non-hydrogen) atoms. The van der Waals surface area contributed by atoms with E-state index in [4.69, 9.17) is 10.5 Å². The second-order valence-corrected chi connectivity index (χ2v) is 3.39. The van der Waals surface area contributed by atoms with Crippen LogP contribution in [0.4, 0.5) is 0 Å². The standard InChI is InChI=1S/C11H17N3O2/c1-9-3-2-4-10(14-9)7-13-11(15)8-16-6-5-12/h2-4H,5-8,12H2,1H3,(H,13,15). The molecule has 88 valence electrons. The predicted octanol–water partition coefficient (Wildman–Crippen LogP) is -0.0185. The summed E-state index contributed by atoms with van der Waals surface area (Å²) in [4.78, 5) is 15.5. The lowest BCUT2D eigenvalue weighted by molar-refractivity contribution is -0.125. The van der Waals surface area contributed by atoms with E-state index in [1.165, 1.54) is 0 Å². The topological polar surface area (TPSA) is 77.2 Å². The fourth-order valence-electron chi connectivity index (χ4n) is 1.19. The zero-order valence-corrected chi connectivity index (χ0v) is 9.40. The van der Waals surface area contributed by atoms with Crippen LogP contribution in [0, 0.1) is 6.92 Å². The van der Waals surface area contributed by atoms with Crippen molar-refractivity contribution in [3.63, 3.8) is 0 Å². The summed E-state index contributed by atoms with van der Waals surface area (Å²) in [7, 11) is 0. The third-order valence-corrected chi connectivity index (χ3v) is 1.91. The van der Waals surface area contributed by atoms with Gasteiger partial charge in [0.1, 0.15) is 6.61 Å². The number of hydrogen-bond donors (Lipinski definition) is 2. The zero-order valence-electron chi connectivity index (χ0n) is 9.40. The number of carbonyl (C=O) groups is 1. The van der Waals surface area contributed by atoms with E-state index in [1.807, 2.05) is 25.1 Å². The summed E-state index contributed by atoms with van der Waals surface area (Å²) in [6.45, 7) is 3.20. The fourth-order valence-corrected chi connectivity index (χ4v) is 1.19. The molecule has 0 aliphatic carbocycles. The van der Waals surface area contributed by atoms with Gasteiger partial charge in [0.2, 0.25) is 5.91 Å². The average Bonchev–Trinajstić information content (AvgIpc) is 2.27. The summed E-state index contributed by atoms with van der Waals surface area (Å²) in [6, 6.07) is 5.69. The number of hydrogen-bond acceptors (Lipinski definition) is 4. The molecule has 1 aromatic rings. The second-order valence-electron chi connectivity index (χ2n) is 3.39. The molecule has 0 saturated heterocycles. The van der Waals surface area contributed by atoms with Gasteiger partial charge in [0.15, 0.2) is 0 Å². The van der Waals surface area contributed by atoms with Crippen LogP contribution in [-0.4, -0.2) is 30.6 Å². The van der Waals surface area contributed by atoms with E-state index >= 15 is 0 Å². The number of amides is 1. The molecule has 0 aliphatic heterocycles.